The molecule has 9 nitrogen and oxygen atoms in total. The van der Waals surface area contributed by atoms with Crippen LogP contribution in [0.25, 0.3) is 0 Å². The SMILES string of the molecule is Cc1ccc([N+](=O)[O-])cc1S(=O)(=O)N1CCN(C(=O)c2ccc(Br)o2)CC1. The summed E-state index contributed by atoms with van der Waals surface area (Å²) in [5, 5.41) is 11.0. The fourth-order valence-corrected chi connectivity index (χ4v) is 4.81. The van der Waals surface area contributed by atoms with E-state index in [1.807, 2.05) is 0 Å². The number of hydrogen-bond donors (Lipinski definition) is 0. The fourth-order valence-electron chi connectivity index (χ4n) is 2.84. The minimum Gasteiger partial charge on any atom is -0.444 e. The Hall–Kier alpha value is -2.24. The molecule has 0 aliphatic carbocycles. The van der Waals surface area contributed by atoms with Crippen molar-refractivity contribution in [1.29, 1.82) is 0 Å². The van der Waals surface area contributed by atoms with Gasteiger partial charge in [-0.05, 0) is 40.5 Å². The van der Waals surface area contributed by atoms with Gasteiger partial charge in [0, 0.05) is 38.3 Å². The Labute approximate surface area is 163 Å². The first-order valence-electron chi connectivity index (χ1n) is 8.00. The molecule has 27 heavy (non-hydrogen) atoms. The van der Waals surface area contributed by atoms with Gasteiger partial charge in [-0.15, -0.1) is 0 Å². The molecule has 11 heteroatoms. The van der Waals surface area contributed by atoms with E-state index in [2.05, 4.69) is 15.9 Å². The van der Waals surface area contributed by atoms with E-state index in [1.54, 1.807) is 19.1 Å². The molecule has 1 aromatic heterocycles. The molecule has 1 fully saturated rings. The zero-order valence-electron chi connectivity index (χ0n) is 14.3. The van der Waals surface area contributed by atoms with Gasteiger partial charge in [-0.25, -0.2) is 8.42 Å². The van der Waals surface area contributed by atoms with E-state index in [0.29, 0.717) is 10.2 Å². The average Bonchev–Trinajstić information content (AvgIpc) is 3.07. The highest BCUT2D eigenvalue weighted by Gasteiger charge is 2.32. The third-order valence-corrected chi connectivity index (χ3v) is 6.78. The molecule has 0 radical (unpaired) electrons. The van der Waals surface area contributed by atoms with Gasteiger partial charge in [0.1, 0.15) is 0 Å². The molecule has 0 bridgehead atoms. The lowest BCUT2D eigenvalue weighted by Gasteiger charge is -2.33. The summed E-state index contributed by atoms with van der Waals surface area (Å²) in [5.74, 6) is -0.142. The lowest BCUT2D eigenvalue weighted by molar-refractivity contribution is -0.385. The number of non-ortho nitro benzene ring substituents is 1. The summed E-state index contributed by atoms with van der Waals surface area (Å²) in [6.07, 6.45) is 0. The smallest absolute Gasteiger partial charge is 0.289 e. The Kier molecular flexibility index (Phi) is 5.36. The summed E-state index contributed by atoms with van der Waals surface area (Å²) in [4.78, 5) is 24.1. The zero-order valence-corrected chi connectivity index (χ0v) is 16.7. The highest BCUT2D eigenvalue weighted by atomic mass is 79.9. The van der Waals surface area contributed by atoms with Crippen molar-refractivity contribution in [3.05, 3.63) is 56.4 Å². The zero-order chi connectivity index (χ0) is 19.8. The van der Waals surface area contributed by atoms with Gasteiger partial charge < -0.3 is 9.32 Å². The Balaban J connectivity index is 1.76. The normalized spacial score (nSPS) is 15.7. The average molecular weight is 458 g/mol. The molecule has 1 saturated heterocycles. The minimum atomic E-state index is -3.90. The van der Waals surface area contributed by atoms with Gasteiger partial charge in [0.2, 0.25) is 10.0 Å². The number of nitro benzene ring substituents is 1. The number of halogens is 1. The van der Waals surface area contributed by atoms with Crippen molar-refractivity contribution in [2.45, 2.75) is 11.8 Å². The van der Waals surface area contributed by atoms with E-state index < -0.39 is 14.9 Å². The second kappa shape index (κ2) is 7.41. The quantitative estimate of drug-likeness (QED) is 0.514. The number of piperazine rings is 1. The number of amides is 1. The predicted molar refractivity (Wildman–Crippen MR) is 98.9 cm³/mol. The highest BCUT2D eigenvalue weighted by molar-refractivity contribution is 9.10. The molecule has 0 atom stereocenters. The molecule has 0 saturated carbocycles. The molecule has 0 N–H and O–H groups in total. The van der Waals surface area contributed by atoms with Crippen molar-refractivity contribution in [2.75, 3.05) is 26.2 Å². The standard InChI is InChI=1S/C16H16BrN3O6S/c1-11-2-3-12(20(22)23)10-14(11)27(24,25)19-8-6-18(7-9-19)16(21)13-4-5-15(17)26-13/h2-5,10H,6-9H2,1H3. The number of sulfonamides is 1. The van der Waals surface area contributed by atoms with Gasteiger partial charge in [-0.3, -0.25) is 14.9 Å². The van der Waals surface area contributed by atoms with Crippen LogP contribution in [0, 0.1) is 17.0 Å². The fraction of sp³-hybridized carbons (Fsp3) is 0.312. The maximum Gasteiger partial charge on any atom is 0.289 e. The topological polar surface area (TPSA) is 114 Å². The van der Waals surface area contributed by atoms with E-state index in [-0.39, 0.29) is 48.4 Å². The first-order valence-corrected chi connectivity index (χ1v) is 10.2. The molecule has 2 aromatic rings. The number of carbonyl (C=O) groups is 1. The number of furan rings is 1. The van der Waals surface area contributed by atoms with Crippen molar-refractivity contribution in [1.82, 2.24) is 9.21 Å². The Morgan fingerprint density at radius 1 is 1.19 bits per heavy atom. The van der Waals surface area contributed by atoms with Crippen LogP contribution < -0.4 is 0 Å². The van der Waals surface area contributed by atoms with Crippen LogP contribution in [-0.2, 0) is 10.0 Å². The van der Waals surface area contributed by atoms with E-state index >= 15 is 0 Å². The minimum absolute atomic E-state index is 0.0913. The molecule has 2 heterocycles. The summed E-state index contributed by atoms with van der Waals surface area (Å²) in [7, 11) is -3.90. The molecule has 1 aliphatic heterocycles. The molecule has 144 valence electrons. The van der Waals surface area contributed by atoms with Gasteiger partial charge in [-0.1, -0.05) is 6.07 Å². The largest absolute Gasteiger partial charge is 0.444 e. The van der Waals surface area contributed by atoms with Gasteiger partial charge in [-0.2, -0.15) is 4.31 Å². The van der Waals surface area contributed by atoms with E-state index in [9.17, 15) is 23.3 Å². The van der Waals surface area contributed by atoms with E-state index in [0.717, 1.165) is 6.07 Å². The lowest BCUT2D eigenvalue weighted by Crippen LogP contribution is -2.50. The van der Waals surface area contributed by atoms with E-state index in [1.165, 1.54) is 21.3 Å². The molecular formula is C16H16BrN3O6S. The third-order valence-electron chi connectivity index (χ3n) is 4.31. The molecule has 1 aliphatic rings. The van der Waals surface area contributed by atoms with Gasteiger partial charge in [0.05, 0.1) is 9.82 Å². The highest BCUT2D eigenvalue weighted by Crippen LogP contribution is 2.26. The molecule has 1 amide bonds. The van der Waals surface area contributed by atoms with Crippen molar-refractivity contribution < 1.29 is 22.6 Å². The van der Waals surface area contributed by atoms with Crippen LogP contribution >= 0.6 is 15.9 Å². The summed E-state index contributed by atoms with van der Waals surface area (Å²) in [6, 6.07) is 6.91. The van der Waals surface area contributed by atoms with Crippen molar-refractivity contribution >= 4 is 37.5 Å². The van der Waals surface area contributed by atoms with Crippen LogP contribution in [0.3, 0.4) is 0 Å². The third kappa shape index (κ3) is 3.89. The van der Waals surface area contributed by atoms with Crippen LogP contribution in [0.15, 0.2) is 44.3 Å². The van der Waals surface area contributed by atoms with Crippen molar-refractivity contribution in [2.24, 2.45) is 0 Å². The Bertz CT molecular complexity index is 995. The van der Waals surface area contributed by atoms with Crippen molar-refractivity contribution in [3.63, 3.8) is 0 Å². The Morgan fingerprint density at radius 2 is 1.85 bits per heavy atom. The number of carbonyl (C=O) groups excluding carboxylic acids is 1. The number of hydrogen-bond acceptors (Lipinski definition) is 6. The molecule has 0 spiro atoms. The first kappa shape index (κ1) is 19.5. The van der Waals surface area contributed by atoms with Crippen LogP contribution in [0.2, 0.25) is 0 Å². The number of nitro groups is 1. The molecule has 0 unspecified atom stereocenters. The number of rotatable bonds is 4. The lowest BCUT2D eigenvalue weighted by atomic mass is 10.2. The molecule has 1 aromatic carbocycles. The van der Waals surface area contributed by atoms with Gasteiger partial charge in [0.25, 0.3) is 11.6 Å². The summed E-state index contributed by atoms with van der Waals surface area (Å²) >= 11 is 3.14. The van der Waals surface area contributed by atoms with Gasteiger partial charge in [0.15, 0.2) is 10.4 Å². The van der Waals surface area contributed by atoms with Crippen LogP contribution in [0.4, 0.5) is 5.69 Å². The summed E-state index contributed by atoms with van der Waals surface area (Å²) < 4.78 is 32.7. The number of aryl methyl sites for hydroxylation is 1. The molecule has 3 rings (SSSR count). The van der Waals surface area contributed by atoms with Crippen LogP contribution in [0.5, 0.6) is 0 Å². The maximum absolute atomic E-state index is 12.9. The van der Waals surface area contributed by atoms with E-state index in [4.69, 9.17) is 4.42 Å². The number of benzene rings is 1. The first-order chi connectivity index (χ1) is 12.7. The monoisotopic (exact) mass is 457 g/mol. The molecular weight excluding hydrogens is 442 g/mol. The second-order valence-electron chi connectivity index (χ2n) is 6.01. The maximum atomic E-state index is 12.9. The summed E-state index contributed by atoms with van der Waals surface area (Å²) in [6.45, 7) is 2.18. The van der Waals surface area contributed by atoms with Crippen molar-refractivity contribution in [3.8, 4) is 0 Å². The van der Waals surface area contributed by atoms with Gasteiger partial charge >= 0.3 is 0 Å². The van der Waals surface area contributed by atoms with Crippen LogP contribution in [-0.4, -0.2) is 54.6 Å². The summed E-state index contributed by atoms with van der Waals surface area (Å²) in [5.41, 5.74) is 0.149. The second-order valence-corrected chi connectivity index (χ2v) is 8.69. The number of nitrogens with zero attached hydrogens (tertiary/aromatic N) is 3. The van der Waals surface area contributed by atoms with Crippen LogP contribution in [0.1, 0.15) is 16.1 Å². The Morgan fingerprint density at radius 3 is 2.41 bits per heavy atom. The predicted octanol–water partition coefficient (Wildman–Crippen LogP) is 2.41.